The van der Waals surface area contributed by atoms with Crippen LogP contribution in [0.1, 0.15) is 42.2 Å². The lowest BCUT2D eigenvalue weighted by Crippen LogP contribution is -2.39. The highest BCUT2D eigenvalue weighted by molar-refractivity contribution is 5.28. The van der Waals surface area contributed by atoms with Gasteiger partial charge in [0, 0.05) is 25.3 Å². The number of nitrogens with zero attached hydrogens (tertiary/aromatic N) is 3. The van der Waals surface area contributed by atoms with Crippen LogP contribution in [0.5, 0.6) is 0 Å². The largest absolute Gasteiger partial charge is 0.368 e. The van der Waals surface area contributed by atoms with Gasteiger partial charge in [0.1, 0.15) is 6.10 Å². The zero-order chi connectivity index (χ0) is 13.9. The first-order valence-electron chi connectivity index (χ1n) is 7.69. The molecule has 1 unspecified atom stereocenters. The van der Waals surface area contributed by atoms with Gasteiger partial charge in [-0.3, -0.25) is 4.90 Å². The van der Waals surface area contributed by atoms with Crippen LogP contribution in [0.15, 0.2) is 0 Å². The Balaban J connectivity index is 1.81. The van der Waals surface area contributed by atoms with E-state index in [4.69, 9.17) is 14.7 Å². The van der Waals surface area contributed by atoms with Gasteiger partial charge in [0.05, 0.1) is 12.3 Å². The predicted molar refractivity (Wildman–Crippen MR) is 77.6 cm³/mol. The van der Waals surface area contributed by atoms with Crippen LogP contribution in [0, 0.1) is 6.92 Å². The fraction of sp³-hybridized carbons (Fsp3) is 0.733. The Kier molecular flexibility index (Phi) is 4.29. The average molecular weight is 276 g/mol. The van der Waals surface area contributed by atoms with Crippen LogP contribution in [0.2, 0.25) is 0 Å². The lowest BCUT2D eigenvalue weighted by atomic mass is 10.0. The van der Waals surface area contributed by atoms with Crippen molar-refractivity contribution in [2.75, 3.05) is 32.8 Å². The lowest BCUT2D eigenvalue weighted by Gasteiger charge is -2.32. The molecule has 0 saturated carbocycles. The van der Waals surface area contributed by atoms with Crippen LogP contribution >= 0.6 is 0 Å². The summed E-state index contributed by atoms with van der Waals surface area (Å²) < 4.78 is 5.90. The van der Waals surface area contributed by atoms with E-state index in [1.54, 1.807) is 0 Å². The minimum absolute atomic E-state index is 0.0289. The number of morpholine rings is 1. The summed E-state index contributed by atoms with van der Waals surface area (Å²) >= 11 is 0. The Labute approximate surface area is 120 Å². The minimum atomic E-state index is 0.0289. The van der Waals surface area contributed by atoms with Gasteiger partial charge in [0.15, 0.2) is 5.82 Å². The molecule has 2 aliphatic heterocycles. The van der Waals surface area contributed by atoms with E-state index in [2.05, 4.69) is 24.1 Å². The fourth-order valence-corrected chi connectivity index (χ4v) is 3.09. The second-order valence-corrected chi connectivity index (χ2v) is 5.68. The van der Waals surface area contributed by atoms with Crippen molar-refractivity contribution in [2.24, 2.45) is 0 Å². The second-order valence-electron chi connectivity index (χ2n) is 5.68. The Morgan fingerprint density at radius 1 is 1.40 bits per heavy atom. The van der Waals surface area contributed by atoms with Crippen LogP contribution in [0.25, 0.3) is 0 Å². The summed E-state index contributed by atoms with van der Waals surface area (Å²) in [5.74, 6) is 0.866. The van der Waals surface area contributed by atoms with E-state index in [-0.39, 0.29) is 6.10 Å². The highest BCUT2D eigenvalue weighted by atomic mass is 16.5. The second kappa shape index (κ2) is 6.16. The molecule has 1 aromatic rings. The van der Waals surface area contributed by atoms with Crippen molar-refractivity contribution >= 4 is 0 Å². The maximum Gasteiger partial charge on any atom is 0.158 e. The quantitative estimate of drug-likeness (QED) is 0.899. The summed E-state index contributed by atoms with van der Waals surface area (Å²) in [7, 11) is 0. The molecule has 0 radical (unpaired) electrons. The number of aryl methyl sites for hydroxylation is 1. The molecule has 1 aromatic heterocycles. The summed E-state index contributed by atoms with van der Waals surface area (Å²) in [6.45, 7) is 10.1. The van der Waals surface area contributed by atoms with E-state index in [1.165, 1.54) is 12.0 Å². The van der Waals surface area contributed by atoms with E-state index >= 15 is 0 Å². The Hall–Kier alpha value is -1.04. The van der Waals surface area contributed by atoms with Gasteiger partial charge < -0.3 is 10.1 Å². The molecule has 5 nitrogen and oxygen atoms in total. The first-order chi connectivity index (χ1) is 9.78. The summed E-state index contributed by atoms with van der Waals surface area (Å²) in [6, 6.07) is 0. The molecule has 0 amide bonds. The van der Waals surface area contributed by atoms with Crippen molar-refractivity contribution in [3.63, 3.8) is 0 Å². The predicted octanol–water partition coefficient (Wildman–Crippen LogP) is 1.21. The molecule has 1 saturated heterocycles. The highest BCUT2D eigenvalue weighted by Gasteiger charge is 2.25. The van der Waals surface area contributed by atoms with Gasteiger partial charge in [-0.25, -0.2) is 9.97 Å². The van der Waals surface area contributed by atoms with Crippen LogP contribution in [-0.4, -0.2) is 47.7 Å². The van der Waals surface area contributed by atoms with Gasteiger partial charge in [-0.2, -0.15) is 0 Å². The fourth-order valence-electron chi connectivity index (χ4n) is 3.09. The molecule has 5 heteroatoms. The van der Waals surface area contributed by atoms with Gasteiger partial charge >= 0.3 is 0 Å². The topological polar surface area (TPSA) is 50.3 Å². The molecule has 1 fully saturated rings. The monoisotopic (exact) mass is 276 g/mol. The van der Waals surface area contributed by atoms with E-state index in [0.29, 0.717) is 0 Å². The molecular weight excluding hydrogens is 252 g/mol. The lowest BCUT2D eigenvalue weighted by molar-refractivity contribution is -0.0344. The van der Waals surface area contributed by atoms with Crippen LogP contribution in [0.3, 0.4) is 0 Å². The average Bonchev–Trinajstić information content (AvgIpc) is 2.48. The summed E-state index contributed by atoms with van der Waals surface area (Å²) in [5, 5.41) is 3.39. The first kappa shape index (κ1) is 13.9. The van der Waals surface area contributed by atoms with Crippen molar-refractivity contribution < 1.29 is 4.74 Å². The number of ether oxygens (including phenoxy) is 1. The molecule has 1 atom stereocenters. The maximum absolute atomic E-state index is 5.90. The molecule has 0 bridgehead atoms. The molecule has 110 valence electrons. The SMILES string of the molecule is CCCN1CCOC(c2nc(C)c3c(n2)CNCC3)C1. The molecular formula is C15H24N4O. The third-order valence-electron chi connectivity index (χ3n) is 4.14. The number of aromatic nitrogens is 2. The standard InChI is InChI=1S/C15H24N4O/c1-3-6-19-7-8-20-14(10-19)15-17-11(2)12-4-5-16-9-13(12)18-15/h14,16H,3-10H2,1-2H3. The number of rotatable bonds is 3. The first-order valence-corrected chi connectivity index (χ1v) is 7.69. The molecule has 0 aliphatic carbocycles. The number of hydrogen-bond acceptors (Lipinski definition) is 5. The maximum atomic E-state index is 5.90. The van der Waals surface area contributed by atoms with Crippen molar-refractivity contribution in [1.29, 1.82) is 0 Å². The molecule has 20 heavy (non-hydrogen) atoms. The zero-order valence-corrected chi connectivity index (χ0v) is 12.5. The van der Waals surface area contributed by atoms with Gasteiger partial charge in [-0.15, -0.1) is 0 Å². The van der Waals surface area contributed by atoms with Crippen LogP contribution < -0.4 is 5.32 Å². The van der Waals surface area contributed by atoms with Gasteiger partial charge in [0.25, 0.3) is 0 Å². The summed E-state index contributed by atoms with van der Waals surface area (Å²) in [4.78, 5) is 11.9. The third-order valence-corrected chi connectivity index (χ3v) is 4.14. The van der Waals surface area contributed by atoms with Crippen molar-refractivity contribution in [3.8, 4) is 0 Å². The van der Waals surface area contributed by atoms with E-state index in [9.17, 15) is 0 Å². The van der Waals surface area contributed by atoms with E-state index in [1.807, 2.05) is 0 Å². The normalized spacial score (nSPS) is 23.6. The van der Waals surface area contributed by atoms with Gasteiger partial charge in [-0.05, 0) is 38.4 Å². The zero-order valence-electron chi connectivity index (χ0n) is 12.5. The van der Waals surface area contributed by atoms with Crippen molar-refractivity contribution in [2.45, 2.75) is 39.3 Å². The summed E-state index contributed by atoms with van der Waals surface area (Å²) in [5.41, 5.74) is 3.62. The molecule has 0 spiro atoms. The van der Waals surface area contributed by atoms with Crippen LogP contribution in [0.4, 0.5) is 0 Å². The number of fused-ring (bicyclic) bond motifs is 1. The Morgan fingerprint density at radius 2 is 2.30 bits per heavy atom. The molecule has 3 heterocycles. The highest BCUT2D eigenvalue weighted by Crippen LogP contribution is 2.23. The van der Waals surface area contributed by atoms with Gasteiger partial charge in [-0.1, -0.05) is 6.92 Å². The summed E-state index contributed by atoms with van der Waals surface area (Å²) in [6.07, 6.45) is 2.25. The Bertz CT molecular complexity index is 475. The minimum Gasteiger partial charge on any atom is -0.368 e. The third kappa shape index (κ3) is 2.85. The molecule has 0 aromatic carbocycles. The number of nitrogens with one attached hydrogen (secondary N) is 1. The molecule has 3 rings (SSSR count). The van der Waals surface area contributed by atoms with Crippen LogP contribution in [-0.2, 0) is 17.7 Å². The number of hydrogen-bond donors (Lipinski definition) is 1. The van der Waals surface area contributed by atoms with Crippen molar-refractivity contribution in [3.05, 3.63) is 22.8 Å². The molecule has 2 aliphatic rings. The molecule has 1 N–H and O–H groups in total. The Morgan fingerprint density at radius 3 is 3.15 bits per heavy atom. The van der Waals surface area contributed by atoms with E-state index < -0.39 is 0 Å². The smallest absolute Gasteiger partial charge is 0.158 e. The van der Waals surface area contributed by atoms with Gasteiger partial charge in [0.2, 0.25) is 0 Å². The van der Waals surface area contributed by atoms with Crippen molar-refractivity contribution in [1.82, 2.24) is 20.2 Å². The van der Waals surface area contributed by atoms with E-state index in [0.717, 1.165) is 63.0 Å².